The molecule has 2 aromatic rings. The number of aromatic nitrogens is 1. The predicted octanol–water partition coefficient (Wildman–Crippen LogP) is 2.91. The summed E-state index contributed by atoms with van der Waals surface area (Å²) in [4.78, 5) is 19.4. The lowest BCUT2D eigenvalue weighted by molar-refractivity contribution is 0.00762. The maximum atomic E-state index is 12.9. The van der Waals surface area contributed by atoms with Gasteiger partial charge in [0.15, 0.2) is 0 Å². The number of pyridine rings is 1. The van der Waals surface area contributed by atoms with E-state index in [1.54, 1.807) is 31.5 Å². The van der Waals surface area contributed by atoms with E-state index >= 15 is 0 Å². The number of hydrogen-bond acceptors (Lipinski definition) is 7. The van der Waals surface area contributed by atoms with Crippen LogP contribution in [0.1, 0.15) is 16.8 Å². The van der Waals surface area contributed by atoms with Crippen molar-refractivity contribution in [3.05, 3.63) is 46.1 Å². The van der Waals surface area contributed by atoms with Crippen molar-refractivity contribution in [3.8, 4) is 5.75 Å². The van der Waals surface area contributed by atoms with Crippen LogP contribution in [0.2, 0.25) is 10.0 Å². The Bertz CT molecular complexity index is 915. The summed E-state index contributed by atoms with van der Waals surface area (Å²) in [5, 5.41) is 7.21. The van der Waals surface area contributed by atoms with Gasteiger partial charge in [-0.2, -0.15) is 0 Å². The Hall–Kier alpha value is -2.26. The molecule has 1 saturated heterocycles. The number of methoxy groups -OCH3 is 2. The molecule has 168 valence electrons. The molecule has 3 rings (SSSR count). The second-order valence-corrected chi connectivity index (χ2v) is 8.09. The van der Waals surface area contributed by atoms with Gasteiger partial charge in [-0.15, -0.1) is 0 Å². The number of ether oxygens (including phenoxy) is 2. The summed E-state index contributed by atoms with van der Waals surface area (Å²) in [5.74, 6) is 0.779. The monoisotopic (exact) mass is 467 g/mol. The van der Waals surface area contributed by atoms with E-state index in [1.165, 1.54) is 13.2 Å². The van der Waals surface area contributed by atoms with Crippen LogP contribution in [0.4, 0.5) is 11.5 Å². The van der Waals surface area contributed by atoms with Crippen molar-refractivity contribution in [2.24, 2.45) is 0 Å². The molecule has 1 aromatic heterocycles. The van der Waals surface area contributed by atoms with Crippen LogP contribution in [-0.4, -0.2) is 68.3 Å². The zero-order valence-corrected chi connectivity index (χ0v) is 19.0. The van der Waals surface area contributed by atoms with E-state index < -0.39 is 0 Å². The second-order valence-electron chi connectivity index (χ2n) is 7.28. The smallest absolute Gasteiger partial charge is 0.255 e. The fourth-order valence-electron chi connectivity index (χ4n) is 3.60. The first-order valence-electron chi connectivity index (χ1n) is 9.96. The number of hydrogen-bond donors (Lipinski definition) is 3. The van der Waals surface area contributed by atoms with E-state index in [2.05, 4.69) is 20.5 Å². The molecule has 1 amide bonds. The third kappa shape index (κ3) is 5.92. The highest BCUT2D eigenvalue weighted by Gasteiger charge is 2.31. The van der Waals surface area contributed by atoms with Gasteiger partial charge in [-0.25, -0.2) is 4.98 Å². The number of nitrogens with zero attached hydrogens (tertiary/aromatic N) is 2. The highest BCUT2D eigenvalue weighted by molar-refractivity contribution is 6.33. The van der Waals surface area contributed by atoms with Crippen molar-refractivity contribution < 1.29 is 14.3 Å². The lowest BCUT2D eigenvalue weighted by Gasteiger charge is -2.38. The molecular weight excluding hydrogens is 441 g/mol. The lowest BCUT2D eigenvalue weighted by Crippen LogP contribution is -2.55. The Kier molecular flexibility index (Phi) is 8.20. The number of nitrogens with two attached hydrogens (primary N) is 1. The predicted molar refractivity (Wildman–Crippen MR) is 123 cm³/mol. The summed E-state index contributed by atoms with van der Waals surface area (Å²) < 4.78 is 11.0. The highest BCUT2D eigenvalue weighted by atomic mass is 35.5. The summed E-state index contributed by atoms with van der Waals surface area (Å²) in [6, 6.07) is 6.54. The molecule has 0 spiro atoms. The minimum Gasteiger partial charge on any atom is -0.496 e. The van der Waals surface area contributed by atoms with E-state index in [9.17, 15) is 4.79 Å². The number of benzene rings is 1. The third-order valence-electron chi connectivity index (χ3n) is 5.30. The van der Waals surface area contributed by atoms with Crippen molar-refractivity contribution in [1.82, 2.24) is 15.2 Å². The summed E-state index contributed by atoms with van der Waals surface area (Å²) in [7, 11) is 3.14. The number of carbonyl (C=O) groups is 1. The second kappa shape index (κ2) is 10.9. The number of nitrogens with one attached hydrogen (secondary N) is 2. The fraction of sp³-hybridized carbons (Fsp3) is 0.429. The molecule has 0 bridgehead atoms. The molecular formula is C21H27Cl2N5O3. The fourth-order valence-corrected chi connectivity index (χ4v) is 3.95. The molecule has 1 fully saturated rings. The number of anilines is 2. The Morgan fingerprint density at radius 3 is 2.84 bits per heavy atom. The first kappa shape index (κ1) is 23.4. The molecule has 10 heteroatoms. The lowest BCUT2D eigenvalue weighted by atomic mass is 10.0. The molecule has 0 aliphatic carbocycles. The topological polar surface area (TPSA) is 102 Å². The number of likely N-dealkylation sites (tertiary alicyclic amines) is 1. The van der Waals surface area contributed by atoms with Crippen molar-refractivity contribution in [1.29, 1.82) is 0 Å². The van der Waals surface area contributed by atoms with E-state index in [-0.39, 0.29) is 18.1 Å². The molecule has 1 aliphatic heterocycles. The van der Waals surface area contributed by atoms with Gasteiger partial charge < -0.3 is 25.8 Å². The van der Waals surface area contributed by atoms with Crippen LogP contribution in [0.3, 0.4) is 0 Å². The summed E-state index contributed by atoms with van der Waals surface area (Å²) in [6.45, 7) is 3.01. The van der Waals surface area contributed by atoms with Gasteiger partial charge in [0.2, 0.25) is 0 Å². The van der Waals surface area contributed by atoms with Gasteiger partial charge in [0.25, 0.3) is 5.91 Å². The van der Waals surface area contributed by atoms with E-state index in [1.807, 2.05) is 0 Å². The maximum Gasteiger partial charge on any atom is 0.255 e. The molecule has 0 saturated carbocycles. The van der Waals surface area contributed by atoms with Crippen molar-refractivity contribution >= 4 is 40.6 Å². The molecule has 1 aliphatic rings. The van der Waals surface area contributed by atoms with Crippen LogP contribution in [0, 0.1) is 0 Å². The van der Waals surface area contributed by atoms with E-state index in [4.69, 9.17) is 38.4 Å². The Morgan fingerprint density at radius 1 is 1.32 bits per heavy atom. The molecule has 31 heavy (non-hydrogen) atoms. The Morgan fingerprint density at radius 2 is 2.13 bits per heavy atom. The van der Waals surface area contributed by atoms with Crippen LogP contribution in [0.5, 0.6) is 5.75 Å². The molecule has 2 unspecified atom stereocenters. The molecule has 1 aromatic carbocycles. The average molecular weight is 468 g/mol. The molecule has 8 nitrogen and oxygen atoms in total. The first-order valence-corrected chi connectivity index (χ1v) is 10.7. The molecule has 2 atom stereocenters. The summed E-state index contributed by atoms with van der Waals surface area (Å²) in [6.07, 6.45) is 2.30. The highest BCUT2D eigenvalue weighted by Crippen LogP contribution is 2.29. The number of piperidine rings is 1. The van der Waals surface area contributed by atoms with Crippen LogP contribution in [0.15, 0.2) is 30.5 Å². The van der Waals surface area contributed by atoms with Crippen LogP contribution < -0.4 is 21.1 Å². The first-order chi connectivity index (χ1) is 14.9. The summed E-state index contributed by atoms with van der Waals surface area (Å²) >= 11 is 12.2. The number of amides is 1. The van der Waals surface area contributed by atoms with Crippen molar-refractivity contribution in [2.75, 3.05) is 51.4 Å². The number of carbonyl (C=O) groups excluding carboxylic acids is 1. The maximum absolute atomic E-state index is 12.9. The zero-order valence-electron chi connectivity index (χ0n) is 17.5. The number of rotatable bonds is 8. The standard InChI is InChI=1S/C21H27Cl2N5O3/c1-30-18-11-16(24)15(23)10-13(18)21(29)27-17-5-8-28(12-19(17)31-2)9-7-26-20-14(22)4-3-6-25-20/h3-4,6,10-11,17,19H,5,7-9,12,24H2,1-2H3,(H,25,26)(H,27,29). The van der Waals surface area contributed by atoms with Gasteiger partial charge in [-0.05, 0) is 24.6 Å². The Labute approximate surface area is 192 Å². The molecule has 4 N–H and O–H groups in total. The van der Waals surface area contributed by atoms with Gasteiger partial charge in [0, 0.05) is 45.6 Å². The largest absolute Gasteiger partial charge is 0.496 e. The quantitative estimate of drug-likeness (QED) is 0.512. The average Bonchev–Trinajstić information content (AvgIpc) is 2.77. The van der Waals surface area contributed by atoms with Gasteiger partial charge in [-0.3, -0.25) is 9.69 Å². The normalized spacial score (nSPS) is 19.1. The minimum absolute atomic E-state index is 0.132. The SMILES string of the molecule is COc1cc(N)c(Cl)cc1C(=O)NC1CCN(CCNc2ncccc2Cl)CC1OC. The Balaban J connectivity index is 1.56. The van der Waals surface area contributed by atoms with Gasteiger partial charge in [0.05, 0.1) is 40.6 Å². The minimum atomic E-state index is -0.272. The number of nitrogen functional groups attached to an aromatic ring is 1. The zero-order chi connectivity index (χ0) is 22.4. The number of halogens is 2. The molecule has 0 radical (unpaired) electrons. The van der Waals surface area contributed by atoms with Crippen molar-refractivity contribution in [3.63, 3.8) is 0 Å². The van der Waals surface area contributed by atoms with Crippen LogP contribution in [0.25, 0.3) is 0 Å². The van der Waals surface area contributed by atoms with Gasteiger partial charge in [-0.1, -0.05) is 23.2 Å². The van der Waals surface area contributed by atoms with Crippen LogP contribution >= 0.6 is 23.2 Å². The van der Waals surface area contributed by atoms with Crippen molar-refractivity contribution in [2.45, 2.75) is 18.6 Å². The summed E-state index contributed by atoms with van der Waals surface area (Å²) in [5.41, 5.74) is 6.51. The van der Waals surface area contributed by atoms with Gasteiger partial charge >= 0.3 is 0 Å². The van der Waals surface area contributed by atoms with E-state index in [0.29, 0.717) is 46.0 Å². The third-order valence-corrected chi connectivity index (χ3v) is 5.94. The van der Waals surface area contributed by atoms with Crippen LogP contribution in [-0.2, 0) is 4.74 Å². The van der Waals surface area contributed by atoms with Gasteiger partial charge in [0.1, 0.15) is 11.6 Å². The molecule has 2 heterocycles. The van der Waals surface area contributed by atoms with E-state index in [0.717, 1.165) is 19.5 Å².